The Morgan fingerprint density at radius 1 is 0.444 bits per heavy atom. The van der Waals surface area contributed by atoms with Crippen LogP contribution in [0.4, 0.5) is 0 Å². The maximum atomic E-state index is 11.8. The second kappa shape index (κ2) is 26.7. The maximum absolute atomic E-state index is 11.8. The topological polar surface area (TPSA) is 250 Å². The van der Waals surface area contributed by atoms with E-state index in [1.807, 2.05) is 0 Å². The van der Waals surface area contributed by atoms with Crippen molar-refractivity contribution in [3.63, 3.8) is 0 Å². The van der Waals surface area contributed by atoms with E-state index < -0.39 is 59.5 Å². The molecule has 1 aliphatic heterocycles. The summed E-state index contributed by atoms with van der Waals surface area (Å²) in [4.78, 5) is 76.6. The van der Waals surface area contributed by atoms with Crippen molar-refractivity contribution in [2.75, 3.05) is 79.3 Å². The molecule has 0 aliphatic carbocycles. The molecule has 24 heteroatoms. The van der Waals surface area contributed by atoms with Crippen molar-refractivity contribution in [2.24, 2.45) is 4.52 Å². The first-order chi connectivity index (χ1) is 25.8. The van der Waals surface area contributed by atoms with Gasteiger partial charge in [0.05, 0.1) is 0 Å². The van der Waals surface area contributed by atoms with Crippen molar-refractivity contribution in [3.05, 3.63) is 75.9 Å². The van der Waals surface area contributed by atoms with Gasteiger partial charge in [-0.1, -0.05) is 0 Å². The third-order valence-electron chi connectivity index (χ3n) is 5.58. The predicted octanol–water partition coefficient (Wildman–Crippen LogP) is 2.42. The van der Waals surface area contributed by atoms with Gasteiger partial charge in [0.2, 0.25) is 0 Å². The van der Waals surface area contributed by atoms with Gasteiger partial charge < -0.3 is 0 Å². The van der Waals surface area contributed by atoms with Crippen molar-refractivity contribution in [3.8, 4) is 0 Å². The van der Waals surface area contributed by atoms with E-state index in [1.54, 1.807) is 0 Å². The molecule has 54 heavy (non-hydrogen) atoms. The number of carbonyl (C=O) groups is 6. The summed E-state index contributed by atoms with van der Waals surface area (Å²) in [6, 6.07) is 0. The Balaban J connectivity index is 3.84. The minimum atomic E-state index is -4.48. The molecule has 0 fully saturated rings. The van der Waals surface area contributed by atoms with E-state index in [0.717, 1.165) is 36.5 Å². The van der Waals surface area contributed by atoms with Crippen LogP contribution in [-0.2, 0) is 84.3 Å². The van der Waals surface area contributed by atoms with E-state index in [9.17, 15) is 28.8 Å². The SMILES string of the molecule is C=CC(=O)OCCOP1(OCCOC(=O)C=C)=N[PH](OCCOC(=O)C=C)(OCCOC(=O)C=C)N[PH](OCCOC(=O)C=C)(OCCOC(=O)C=C)N1. The molecule has 0 radical (unpaired) electrons. The molecule has 0 saturated heterocycles. The van der Waals surface area contributed by atoms with Crippen LogP contribution in [0.15, 0.2) is 80.4 Å². The van der Waals surface area contributed by atoms with Crippen LogP contribution in [0.5, 0.6) is 0 Å². The van der Waals surface area contributed by atoms with Crippen LogP contribution in [0.25, 0.3) is 0 Å². The van der Waals surface area contributed by atoms with Gasteiger partial charge in [0, 0.05) is 0 Å². The van der Waals surface area contributed by atoms with Crippen molar-refractivity contribution in [1.82, 2.24) is 9.72 Å². The molecule has 0 atom stereocenters. The van der Waals surface area contributed by atoms with Gasteiger partial charge in [-0.25, -0.2) is 0 Å². The second-order valence-electron chi connectivity index (χ2n) is 9.35. The summed E-state index contributed by atoms with van der Waals surface area (Å²) in [5.74, 6) is -4.59. The Labute approximate surface area is 313 Å². The van der Waals surface area contributed by atoms with Crippen LogP contribution in [0.2, 0.25) is 0 Å². The number of hydrogen-bond acceptors (Lipinski definition) is 21. The van der Waals surface area contributed by atoms with Gasteiger partial charge in [0.15, 0.2) is 0 Å². The average molecular weight is 830 g/mol. The molecule has 0 bridgehead atoms. The van der Waals surface area contributed by atoms with E-state index in [4.69, 9.17) is 60.1 Å². The molecule has 0 amide bonds. The summed E-state index contributed by atoms with van der Waals surface area (Å²) in [6.07, 6.45) is 5.58. The average Bonchev–Trinajstić information content (AvgIpc) is 3.18. The van der Waals surface area contributed by atoms with E-state index in [-0.39, 0.29) is 79.3 Å². The monoisotopic (exact) mass is 829 g/mol. The molecule has 0 aromatic heterocycles. The normalized spacial score (nSPS) is 15.9. The van der Waals surface area contributed by atoms with Crippen molar-refractivity contribution < 1.29 is 84.3 Å². The van der Waals surface area contributed by atoms with Crippen LogP contribution in [-0.4, -0.2) is 115 Å². The molecule has 1 heterocycles. The van der Waals surface area contributed by atoms with Crippen molar-refractivity contribution in [2.45, 2.75) is 0 Å². The first-order valence-electron chi connectivity index (χ1n) is 15.7. The zero-order valence-electron chi connectivity index (χ0n) is 29.4. The van der Waals surface area contributed by atoms with E-state index in [2.05, 4.69) is 49.2 Å². The van der Waals surface area contributed by atoms with Crippen molar-refractivity contribution >= 4 is 59.5 Å². The Morgan fingerprint density at radius 3 is 1.02 bits per heavy atom. The summed E-state index contributed by atoms with van der Waals surface area (Å²) in [7, 11) is -12.9. The molecule has 0 spiro atoms. The second-order valence-corrected chi connectivity index (χ2v) is 17.1. The van der Waals surface area contributed by atoms with Gasteiger partial charge >= 0.3 is 313 Å². The number of nitrogens with zero attached hydrogens (tertiary/aromatic N) is 1. The summed E-state index contributed by atoms with van der Waals surface area (Å²) < 4.78 is 71.8. The van der Waals surface area contributed by atoms with Gasteiger partial charge in [-0.05, 0) is 0 Å². The molecule has 0 unspecified atom stereocenters. The van der Waals surface area contributed by atoms with Crippen LogP contribution >= 0.6 is 23.7 Å². The molecule has 0 aromatic carbocycles. The summed E-state index contributed by atoms with van der Waals surface area (Å²) >= 11 is 0. The predicted molar refractivity (Wildman–Crippen MR) is 195 cm³/mol. The Hall–Kier alpha value is -3.97. The van der Waals surface area contributed by atoms with Gasteiger partial charge in [-0.2, -0.15) is 0 Å². The van der Waals surface area contributed by atoms with Gasteiger partial charge in [0.1, 0.15) is 0 Å². The minimum absolute atomic E-state index is 0.331. The zero-order chi connectivity index (χ0) is 40.3. The standard InChI is InChI=1S/C30H46N3O18P3/c1-7-25(34)40-13-19-46-52(47-20-14-41-26(35)8-2)31-53(48-21-15-42-27(36)9-3,49-22-16-43-28(37)10-4)33-54(32-52,50-23-17-44-29(38)11-5)51-24-18-45-30(39)12-6/h7-12,31-32,52-53H,1-6,13-24H2. The molecule has 0 saturated carbocycles. The van der Waals surface area contributed by atoms with Crippen LogP contribution in [0, 0.1) is 0 Å². The number of ether oxygens (including phenoxy) is 6. The molecular weight excluding hydrogens is 783 g/mol. The fourth-order valence-corrected chi connectivity index (χ4v) is 15.4. The quantitative estimate of drug-likeness (QED) is 0.0347. The number of nitrogens with one attached hydrogen (secondary N) is 2. The number of rotatable bonds is 30. The summed E-state index contributed by atoms with van der Waals surface area (Å²) in [5.41, 5.74) is 0. The fraction of sp³-hybridized carbons (Fsp3) is 0.400. The third kappa shape index (κ3) is 19.4. The number of esters is 6. The first kappa shape index (κ1) is 48.0. The van der Waals surface area contributed by atoms with Gasteiger partial charge in [0.25, 0.3) is 0 Å². The van der Waals surface area contributed by atoms with Crippen LogP contribution < -0.4 is 9.72 Å². The first-order valence-corrected chi connectivity index (χ1v) is 20.8. The van der Waals surface area contributed by atoms with E-state index >= 15 is 0 Å². The fourth-order valence-electron chi connectivity index (χ4n) is 3.41. The number of hydrogen-bond donors (Lipinski definition) is 2. The molecule has 1 aliphatic rings. The molecule has 0 aromatic rings. The summed E-state index contributed by atoms with van der Waals surface area (Å²) in [6.45, 7) is 15.8. The Kier molecular flexibility index (Phi) is 23.8. The Morgan fingerprint density at radius 2 is 0.722 bits per heavy atom. The molecule has 21 nitrogen and oxygen atoms in total. The van der Waals surface area contributed by atoms with Gasteiger partial charge in [-0.15, -0.1) is 0 Å². The number of carbonyl (C=O) groups excluding carboxylic acids is 6. The zero-order valence-corrected chi connectivity index (χ0v) is 32.3. The third-order valence-corrected chi connectivity index (χ3v) is 16.1. The van der Waals surface area contributed by atoms with Crippen LogP contribution in [0.3, 0.4) is 0 Å². The Bertz CT molecular complexity index is 1340. The molecule has 2 N–H and O–H groups in total. The van der Waals surface area contributed by atoms with E-state index in [0.29, 0.717) is 0 Å². The molecule has 304 valence electrons. The summed E-state index contributed by atoms with van der Waals surface area (Å²) in [5, 5.41) is 0. The van der Waals surface area contributed by atoms with Gasteiger partial charge in [-0.3, -0.25) is 0 Å². The van der Waals surface area contributed by atoms with E-state index in [1.165, 1.54) is 0 Å². The molecule has 1 rings (SSSR count). The van der Waals surface area contributed by atoms with Crippen molar-refractivity contribution in [1.29, 1.82) is 0 Å². The molecular formula is C30H46N3O18P3. The van der Waals surface area contributed by atoms with Crippen LogP contribution in [0.1, 0.15) is 0 Å².